The number of rotatable bonds is 6. The first-order valence-electron chi connectivity index (χ1n) is 6.60. The highest BCUT2D eigenvalue weighted by Crippen LogP contribution is 2.14. The first-order valence-corrected chi connectivity index (χ1v) is 6.60. The molecule has 20 heavy (non-hydrogen) atoms. The average molecular weight is 281 g/mol. The van der Waals surface area contributed by atoms with E-state index in [0.717, 1.165) is 5.69 Å². The highest BCUT2D eigenvalue weighted by atomic mass is 16.7. The van der Waals surface area contributed by atoms with E-state index in [1.54, 1.807) is 4.90 Å². The van der Waals surface area contributed by atoms with E-state index in [1.807, 2.05) is 51.1 Å². The van der Waals surface area contributed by atoms with Gasteiger partial charge in [0.2, 0.25) is 0 Å². The van der Waals surface area contributed by atoms with Crippen LogP contribution in [0, 0.1) is 0 Å². The van der Waals surface area contributed by atoms with Crippen LogP contribution in [0.2, 0.25) is 0 Å². The fourth-order valence-electron chi connectivity index (χ4n) is 1.63. The molecule has 0 aliphatic heterocycles. The monoisotopic (exact) mass is 281 g/mol. The number of para-hydroxylation sites is 1. The Morgan fingerprint density at radius 3 is 2.50 bits per heavy atom. The average Bonchev–Trinajstić information content (AvgIpc) is 2.39. The number of benzene rings is 1. The van der Waals surface area contributed by atoms with Crippen molar-refractivity contribution in [3.63, 3.8) is 0 Å². The molecule has 1 rings (SSSR count). The Hall–Kier alpha value is -1.79. The van der Waals surface area contributed by atoms with Crippen LogP contribution >= 0.6 is 0 Å². The summed E-state index contributed by atoms with van der Waals surface area (Å²) in [6.45, 7) is 6.21. The quantitative estimate of drug-likeness (QED) is 0.697. The van der Waals surface area contributed by atoms with Gasteiger partial charge in [0, 0.05) is 18.7 Å². The minimum atomic E-state index is -0.491. The molecule has 0 aliphatic carbocycles. The van der Waals surface area contributed by atoms with Crippen LogP contribution in [0.25, 0.3) is 0 Å². The minimum Gasteiger partial charge on any atom is -0.396 e. The fourth-order valence-corrected chi connectivity index (χ4v) is 1.63. The van der Waals surface area contributed by atoms with Crippen LogP contribution in [0.15, 0.2) is 30.3 Å². The van der Waals surface area contributed by atoms with Crippen molar-refractivity contribution >= 4 is 11.8 Å². The number of hydrazine groups is 1. The van der Waals surface area contributed by atoms with Gasteiger partial charge < -0.3 is 14.8 Å². The molecule has 0 saturated carbocycles. The first kappa shape index (κ1) is 16.3. The Balaban J connectivity index is 2.46. The molecule has 1 aromatic carbocycles. The number of hydrogen-bond donors (Lipinski definition) is 3. The van der Waals surface area contributed by atoms with Crippen LogP contribution in [0.5, 0.6) is 0 Å². The maximum absolute atomic E-state index is 12.0. The van der Waals surface area contributed by atoms with Crippen molar-refractivity contribution in [3.05, 3.63) is 30.3 Å². The number of carbonyl (C=O) groups is 1. The maximum atomic E-state index is 12.0. The van der Waals surface area contributed by atoms with E-state index in [2.05, 4.69) is 11.0 Å². The zero-order valence-corrected chi connectivity index (χ0v) is 12.2. The summed E-state index contributed by atoms with van der Waals surface area (Å²) in [5.74, 6) is 0. The highest BCUT2D eigenvalue weighted by molar-refractivity contribution is 5.68. The molecule has 0 heterocycles. The van der Waals surface area contributed by atoms with Crippen molar-refractivity contribution in [1.29, 1.82) is 0 Å². The number of aliphatic hydroxyl groups is 1. The lowest BCUT2D eigenvalue weighted by Crippen LogP contribution is -2.48. The molecule has 3 N–H and O–H groups in total. The van der Waals surface area contributed by atoms with Crippen LogP contribution in [-0.2, 0) is 4.84 Å². The molecule has 112 valence electrons. The van der Waals surface area contributed by atoms with Gasteiger partial charge >= 0.3 is 6.09 Å². The Morgan fingerprint density at radius 1 is 1.30 bits per heavy atom. The van der Waals surface area contributed by atoms with E-state index >= 15 is 0 Å². The lowest BCUT2D eigenvalue weighted by Gasteiger charge is -2.34. The molecule has 0 spiro atoms. The first-order chi connectivity index (χ1) is 9.45. The van der Waals surface area contributed by atoms with Crippen LogP contribution in [-0.4, -0.2) is 34.8 Å². The molecule has 0 saturated heterocycles. The second kappa shape index (κ2) is 7.72. The van der Waals surface area contributed by atoms with Crippen molar-refractivity contribution in [2.45, 2.75) is 32.7 Å². The summed E-state index contributed by atoms with van der Waals surface area (Å²) >= 11 is 0. The van der Waals surface area contributed by atoms with Crippen LogP contribution in [0.3, 0.4) is 0 Å². The number of aliphatic hydroxyl groups excluding tert-OH is 1. The molecule has 1 aromatic rings. The molecule has 0 radical (unpaired) electrons. The number of hydrogen-bond acceptors (Lipinski definition) is 5. The zero-order chi connectivity index (χ0) is 15.0. The van der Waals surface area contributed by atoms with Gasteiger partial charge in [-0.05, 0) is 39.3 Å². The molecule has 0 unspecified atom stereocenters. The maximum Gasteiger partial charge on any atom is 0.430 e. The number of nitrogens with one attached hydrogen (secondary N) is 2. The summed E-state index contributed by atoms with van der Waals surface area (Å²) in [7, 11) is 0. The largest absolute Gasteiger partial charge is 0.430 e. The van der Waals surface area contributed by atoms with Crippen molar-refractivity contribution in [3.8, 4) is 0 Å². The zero-order valence-electron chi connectivity index (χ0n) is 12.2. The standard InChI is InChI=1S/C14H23N3O3/c1-14(2,3)17(10-7-11-18)13(19)20-16-15-12-8-5-4-6-9-12/h4-6,8-9,15-16,18H,7,10-11H2,1-3H3. The molecule has 0 aliphatic rings. The number of anilines is 1. The van der Waals surface area contributed by atoms with Crippen molar-refractivity contribution in [2.75, 3.05) is 18.6 Å². The third-order valence-corrected chi connectivity index (χ3v) is 2.68. The van der Waals surface area contributed by atoms with Crippen LogP contribution < -0.4 is 11.0 Å². The van der Waals surface area contributed by atoms with E-state index < -0.39 is 6.09 Å². The van der Waals surface area contributed by atoms with Gasteiger partial charge in [0.1, 0.15) is 0 Å². The Bertz CT molecular complexity index is 404. The van der Waals surface area contributed by atoms with Crippen LogP contribution in [0.4, 0.5) is 10.5 Å². The van der Waals surface area contributed by atoms with Gasteiger partial charge in [-0.25, -0.2) is 4.79 Å². The van der Waals surface area contributed by atoms with Gasteiger partial charge in [-0.3, -0.25) is 5.43 Å². The summed E-state index contributed by atoms with van der Waals surface area (Å²) in [6, 6.07) is 9.32. The summed E-state index contributed by atoms with van der Waals surface area (Å²) in [4.78, 5) is 18.5. The van der Waals surface area contributed by atoms with Gasteiger partial charge in [-0.1, -0.05) is 23.8 Å². The molecule has 1 amide bonds. The Morgan fingerprint density at radius 2 is 1.95 bits per heavy atom. The predicted molar refractivity (Wildman–Crippen MR) is 77.8 cm³/mol. The van der Waals surface area contributed by atoms with Crippen LogP contribution in [0.1, 0.15) is 27.2 Å². The Labute approximate surface area is 119 Å². The SMILES string of the molecule is CC(C)(C)N(CCCO)C(=O)ONNc1ccccc1. The number of amides is 1. The third-order valence-electron chi connectivity index (χ3n) is 2.68. The molecule has 6 heteroatoms. The third kappa shape index (κ3) is 5.46. The number of carbonyl (C=O) groups excluding carboxylic acids is 1. The van der Waals surface area contributed by atoms with E-state index in [9.17, 15) is 4.79 Å². The van der Waals surface area contributed by atoms with E-state index in [0.29, 0.717) is 13.0 Å². The molecular weight excluding hydrogens is 258 g/mol. The van der Waals surface area contributed by atoms with E-state index in [-0.39, 0.29) is 12.1 Å². The van der Waals surface area contributed by atoms with Gasteiger partial charge in [0.05, 0.1) is 5.69 Å². The predicted octanol–water partition coefficient (Wildman–Crippen LogP) is 2.14. The summed E-state index contributed by atoms with van der Waals surface area (Å²) in [5.41, 5.74) is 5.61. The molecule has 0 aromatic heterocycles. The fraction of sp³-hybridized carbons (Fsp3) is 0.500. The van der Waals surface area contributed by atoms with E-state index in [1.165, 1.54) is 0 Å². The van der Waals surface area contributed by atoms with E-state index in [4.69, 9.17) is 9.94 Å². The summed E-state index contributed by atoms with van der Waals surface area (Å²) in [5, 5.41) is 8.88. The summed E-state index contributed by atoms with van der Waals surface area (Å²) in [6.07, 6.45) is 0.0211. The molecular formula is C14H23N3O3. The summed E-state index contributed by atoms with van der Waals surface area (Å²) < 4.78 is 0. The number of nitrogens with zero attached hydrogens (tertiary/aromatic N) is 1. The molecule has 6 nitrogen and oxygen atoms in total. The van der Waals surface area contributed by atoms with Gasteiger partial charge in [-0.2, -0.15) is 0 Å². The lowest BCUT2D eigenvalue weighted by atomic mass is 10.1. The highest BCUT2D eigenvalue weighted by Gasteiger charge is 2.27. The lowest BCUT2D eigenvalue weighted by molar-refractivity contribution is 0.0358. The topological polar surface area (TPSA) is 73.8 Å². The Kier molecular flexibility index (Phi) is 6.27. The van der Waals surface area contributed by atoms with Crippen molar-refractivity contribution in [2.24, 2.45) is 0 Å². The van der Waals surface area contributed by atoms with Crippen molar-refractivity contribution in [1.82, 2.24) is 10.5 Å². The van der Waals surface area contributed by atoms with Gasteiger partial charge in [0.15, 0.2) is 0 Å². The van der Waals surface area contributed by atoms with Crippen molar-refractivity contribution < 1.29 is 14.7 Å². The molecule has 0 atom stereocenters. The second-order valence-electron chi connectivity index (χ2n) is 5.36. The second-order valence-corrected chi connectivity index (χ2v) is 5.36. The molecule has 0 bridgehead atoms. The molecule has 0 fully saturated rings. The van der Waals surface area contributed by atoms with Gasteiger partial charge in [0.25, 0.3) is 0 Å². The normalized spacial score (nSPS) is 11.0. The smallest absolute Gasteiger partial charge is 0.396 e. The van der Waals surface area contributed by atoms with Gasteiger partial charge in [-0.15, -0.1) is 0 Å². The minimum absolute atomic E-state index is 0.0373.